The number of rotatable bonds is 5. The first-order valence-corrected chi connectivity index (χ1v) is 8.47. The summed E-state index contributed by atoms with van der Waals surface area (Å²) in [5.74, 6) is 1.17. The van der Waals surface area contributed by atoms with Gasteiger partial charge < -0.3 is 5.32 Å². The summed E-state index contributed by atoms with van der Waals surface area (Å²) in [6, 6.07) is 2.12. The predicted octanol–water partition coefficient (Wildman–Crippen LogP) is 3.14. The molecule has 0 aromatic carbocycles. The zero-order chi connectivity index (χ0) is 14.6. The molecule has 20 heavy (non-hydrogen) atoms. The van der Waals surface area contributed by atoms with Crippen LogP contribution in [-0.2, 0) is 6.54 Å². The lowest BCUT2D eigenvalue weighted by Crippen LogP contribution is -2.48. The third-order valence-electron chi connectivity index (χ3n) is 3.97. The van der Waals surface area contributed by atoms with E-state index < -0.39 is 0 Å². The Bertz CT molecular complexity index is 480. The van der Waals surface area contributed by atoms with Crippen molar-refractivity contribution in [3.63, 3.8) is 0 Å². The molecular formula is C15H26N4S. The molecule has 1 fully saturated rings. The molecule has 0 amide bonds. The second-order valence-corrected chi connectivity index (χ2v) is 6.91. The Kier molecular flexibility index (Phi) is 5.13. The van der Waals surface area contributed by atoms with Gasteiger partial charge in [-0.2, -0.15) is 5.10 Å². The highest BCUT2D eigenvalue weighted by molar-refractivity contribution is 8.13. The summed E-state index contributed by atoms with van der Waals surface area (Å²) in [5, 5.41) is 9.18. The van der Waals surface area contributed by atoms with Gasteiger partial charge in [0, 0.05) is 30.1 Å². The minimum atomic E-state index is 0.236. The second kappa shape index (κ2) is 6.66. The fourth-order valence-electron chi connectivity index (χ4n) is 2.38. The van der Waals surface area contributed by atoms with Crippen molar-refractivity contribution in [3.05, 3.63) is 17.5 Å². The lowest BCUT2D eigenvalue weighted by Gasteiger charge is -2.35. The number of aliphatic imine (C=N–C) groups is 1. The molecule has 112 valence electrons. The number of thioether (sulfide) groups is 1. The molecule has 0 saturated carbocycles. The van der Waals surface area contributed by atoms with E-state index in [1.807, 2.05) is 18.7 Å². The van der Waals surface area contributed by atoms with Crippen molar-refractivity contribution in [2.24, 2.45) is 4.99 Å². The molecule has 0 radical (unpaired) electrons. The van der Waals surface area contributed by atoms with E-state index in [0.29, 0.717) is 0 Å². The van der Waals surface area contributed by atoms with Crippen LogP contribution in [0.1, 0.15) is 44.5 Å². The standard InChI is InChI=1S/C15H26N4S/c1-5-15(4)7-10-20-14(17-15)16-8-6-9-19-13(3)11-12(2)18-19/h11H,5-10H2,1-4H3,(H,16,17). The predicted molar refractivity (Wildman–Crippen MR) is 87.5 cm³/mol. The molecule has 4 nitrogen and oxygen atoms in total. The summed E-state index contributed by atoms with van der Waals surface area (Å²) >= 11 is 1.85. The summed E-state index contributed by atoms with van der Waals surface area (Å²) in [6.45, 7) is 10.5. The van der Waals surface area contributed by atoms with Gasteiger partial charge >= 0.3 is 0 Å². The van der Waals surface area contributed by atoms with Gasteiger partial charge in [-0.15, -0.1) is 0 Å². The van der Waals surface area contributed by atoms with E-state index in [9.17, 15) is 0 Å². The van der Waals surface area contributed by atoms with Gasteiger partial charge in [0.1, 0.15) is 0 Å². The Morgan fingerprint density at radius 1 is 1.50 bits per heavy atom. The van der Waals surface area contributed by atoms with Crippen molar-refractivity contribution in [1.29, 1.82) is 0 Å². The molecule has 0 bridgehead atoms. The molecule has 2 heterocycles. The lowest BCUT2D eigenvalue weighted by molar-refractivity contribution is 0.389. The summed E-state index contributed by atoms with van der Waals surface area (Å²) in [6.07, 6.45) is 3.41. The number of nitrogens with zero attached hydrogens (tertiary/aromatic N) is 3. The van der Waals surface area contributed by atoms with Crippen molar-refractivity contribution >= 4 is 16.9 Å². The maximum atomic E-state index is 4.71. The number of hydrogen-bond donors (Lipinski definition) is 1. The van der Waals surface area contributed by atoms with Crippen LogP contribution < -0.4 is 5.32 Å². The van der Waals surface area contributed by atoms with Crippen molar-refractivity contribution < 1.29 is 0 Å². The van der Waals surface area contributed by atoms with Gasteiger partial charge in [-0.05, 0) is 46.1 Å². The molecule has 5 heteroatoms. The first-order chi connectivity index (χ1) is 9.52. The third kappa shape index (κ3) is 4.01. The minimum Gasteiger partial charge on any atom is -0.360 e. The summed E-state index contributed by atoms with van der Waals surface area (Å²) in [4.78, 5) is 4.71. The summed E-state index contributed by atoms with van der Waals surface area (Å²) in [7, 11) is 0. The van der Waals surface area contributed by atoms with Crippen LogP contribution in [-0.4, -0.2) is 32.8 Å². The van der Waals surface area contributed by atoms with E-state index in [2.05, 4.69) is 41.9 Å². The number of aromatic nitrogens is 2. The molecule has 1 atom stereocenters. The van der Waals surface area contributed by atoms with Crippen LogP contribution in [0.15, 0.2) is 11.1 Å². The van der Waals surface area contributed by atoms with Crippen LogP contribution in [0.2, 0.25) is 0 Å². The first kappa shape index (κ1) is 15.4. The zero-order valence-electron chi connectivity index (χ0n) is 13.1. The summed E-state index contributed by atoms with van der Waals surface area (Å²) in [5.41, 5.74) is 2.57. The van der Waals surface area contributed by atoms with E-state index in [0.717, 1.165) is 36.8 Å². The van der Waals surface area contributed by atoms with Crippen LogP contribution in [0, 0.1) is 13.8 Å². The van der Waals surface area contributed by atoms with E-state index in [4.69, 9.17) is 4.99 Å². The Balaban J connectivity index is 1.80. The normalized spacial score (nSPS) is 24.9. The summed E-state index contributed by atoms with van der Waals surface area (Å²) < 4.78 is 2.08. The topological polar surface area (TPSA) is 42.2 Å². The highest BCUT2D eigenvalue weighted by Crippen LogP contribution is 2.24. The van der Waals surface area contributed by atoms with Gasteiger partial charge in [0.2, 0.25) is 0 Å². The molecule has 1 aliphatic rings. The zero-order valence-corrected chi connectivity index (χ0v) is 13.9. The van der Waals surface area contributed by atoms with E-state index >= 15 is 0 Å². The van der Waals surface area contributed by atoms with E-state index in [1.54, 1.807) is 0 Å². The number of hydrogen-bond acceptors (Lipinski definition) is 3. The quantitative estimate of drug-likeness (QED) is 0.848. The molecule has 1 N–H and O–H groups in total. The van der Waals surface area contributed by atoms with Crippen LogP contribution in [0.3, 0.4) is 0 Å². The van der Waals surface area contributed by atoms with Gasteiger partial charge in [-0.1, -0.05) is 18.7 Å². The Hall–Kier alpha value is -0.970. The van der Waals surface area contributed by atoms with E-state index in [-0.39, 0.29) is 5.54 Å². The first-order valence-electron chi connectivity index (χ1n) is 7.49. The average Bonchev–Trinajstić information content (AvgIpc) is 2.73. The number of amidine groups is 1. The highest BCUT2D eigenvalue weighted by atomic mass is 32.2. The van der Waals surface area contributed by atoms with Gasteiger partial charge in [0.25, 0.3) is 0 Å². The van der Waals surface area contributed by atoms with Crippen LogP contribution in [0.4, 0.5) is 0 Å². The van der Waals surface area contributed by atoms with Gasteiger partial charge in [0.15, 0.2) is 5.17 Å². The lowest BCUT2D eigenvalue weighted by atomic mass is 9.96. The SMILES string of the molecule is CCC1(C)CCSC(=NCCCn2nc(C)cc2C)N1. The minimum absolute atomic E-state index is 0.236. The molecule has 2 rings (SSSR count). The third-order valence-corrected chi connectivity index (χ3v) is 4.88. The molecule has 0 spiro atoms. The molecule has 1 unspecified atom stereocenters. The molecule has 0 aliphatic carbocycles. The van der Waals surface area contributed by atoms with Gasteiger partial charge in [-0.3, -0.25) is 9.67 Å². The van der Waals surface area contributed by atoms with Crippen LogP contribution in [0.5, 0.6) is 0 Å². The van der Waals surface area contributed by atoms with Crippen LogP contribution >= 0.6 is 11.8 Å². The monoisotopic (exact) mass is 294 g/mol. The van der Waals surface area contributed by atoms with Gasteiger partial charge in [0.05, 0.1) is 5.69 Å². The van der Waals surface area contributed by atoms with Crippen molar-refractivity contribution in [2.75, 3.05) is 12.3 Å². The van der Waals surface area contributed by atoms with Crippen molar-refractivity contribution in [3.8, 4) is 0 Å². The Morgan fingerprint density at radius 3 is 2.95 bits per heavy atom. The number of nitrogens with one attached hydrogen (secondary N) is 1. The maximum absolute atomic E-state index is 4.71. The molecule has 1 saturated heterocycles. The largest absolute Gasteiger partial charge is 0.360 e. The average molecular weight is 294 g/mol. The fraction of sp³-hybridized carbons (Fsp3) is 0.733. The Morgan fingerprint density at radius 2 is 2.30 bits per heavy atom. The number of aryl methyl sites for hydroxylation is 3. The molecule has 1 aromatic heterocycles. The molecule has 1 aliphatic heterocycles. The highest BCUT2D eigenvalue weighted by Gasteiger charge is 2.27. The Labute approximate surface area is 126 Å². The van der Waals surface area contributed by atoms with Crippen molar-refractivity contribution in [1.82, 2.24) is 15.1 Å². The van der Waals surface area contributed by atoms with Crippen molar-refractivity contribution in [2.45, 2.75) is 59.0 Å². The maximum Gasteiger partial charge on any atom is 0.156 e. The van der Waals surface area contributed by atoms with Crippen LogP contribution in [0.25, 0.3) is 0 Å². The second-order valence-electron chi connectivity index (χ2n) is 5.83. The molecule has 1 aromatic rings. The smallest absolute Gasteiger partial charge is 0.156 e. The fourth-order valence-corrected chi connectivity index (χ4v) is 3.63. The van der Waals surface area contributed by atoms with Gasteiger partial charge in [-0.25, -0.2) is 0 Å². The molecular weight excluding hydrogens is 268 g/mol. The van der Waals surface area contributed by atoms with E-state index in [1.165, 1.54) is 17.9 Å².